The zero-order chi connectivity index (χ0) is 14.7. The predicted octanol–water partition coefficient (Wildman–Crippen LogP) is 1.60. The molecule has 1 aliphatic rings. The Morgan fingerprint density at radius 3 is 2.81 bits per heavy atom. The molecule has 21 heavy (non-hydrogen) atoms. The number of para-hydroxylation sites is 2. The van der Waals surface area contributed by atoms with Gasteiger partial charge in [-0.2, -0.15) is 0 Å². The maximum absolute atomic E-state index is 12.6. The number of carbonyl (C=O) groups excluding carboxylic acids is 1. The number of nitrogens with zero attached hydrogens (tertiary/aromatic N) is 3. The van der Waals surface area contributed by atoms with Crippen LogP contribution in [0.1, 0.15) is 19.8 Å². The fourth-order valence-corrected chi connectivity index (χ4v) is 2.59. The molecule has 0 atom stereocenters. The molecule has 6 heteroatoms. The van der Waals surface area contributed by atoms with E-state index in [0.717, 1.165) is 37.3 Å². The molecule has 110 valence electrons. The smallest absolute Gasteiger partial charge is 0.230 e. The third-order valence-corrected chi connectivity index (χ3v) is 4.08. The maximum Gasteiger partial charge on any atom is 0.230 e. The fraction of sp³-hybridized carbons (Fsp3) is 0.400. The number of hydrogen-bond acceptors (Lipinski definition) is 4. The lowest BCUT2D eigenvalue weighted by atomic mass is 9.80. The van der Waals surface area contributed by atoms with Crippen LogP contribution in [-0.2, 0) is 4.79 Å². The summed E-state index contributed by atoms with van der Waals surface area (Å²) in [4.78, 5) is 12.6. The molecular weight excluding hydrogens is 266 g/mol. The predicted molar refractivity (Wildman–Crippen MR) is 80.2 cm³/mol. The number of nitrogens with one attached hydrogen (secondary N) is 2. The van der Waals surface area contributed by atoms with Gasteiger partial charge in [0.05, 0.1) is 23.8 Å². The molecule has 3 rings (SSSR count). The van der Waals surface area contributed by atoms with Crippen LogP contribution < -0.4 is 10.6 Å². The second kappa shape index (κ2) is 5.65. The highest BCUT2D eigenvalue weighted by molar-refractivity contribution is 5.96. The van der Waals surface area contributed by atoms with Gasteiger partial charge in [0.1, 0.15) is 0 Å². The Labute approximate surface area is 123 Å². The molecule has 0 saturated carbocycles. The molecule has 0 unspecified atom stereocenters. The average molecular weight is 285 g/mol. The minimum atomic E-state index is -0.319. The summed E-state index contributed by atoms with van der Waals surface area (Å²) < 4.78 is 1.65. The van der Waals surface area contributed by atoms with Crippen LogP contribution >= 0.6 is 0 Å². The Morgan fingerprint density at radius 1 is 1.33 bits per heavy atom. The summed E-state index contributed by atoms with van der Waals surface area (Å²) in [5.41, 5.74) is 1.26. The van der Waals surface area contributed by atoms with E-state index in [1.54, 1.807) is 17.1 Å². The number of aromatic nitrogens is 3. The van der Waals surface area contributed by atoms with Gasteiger partial charge < -0.3 is 10.6 Å². The van der Waals surface area contributed by atoms with E-state index in [9.17, 15) is 4.79 Å². The quantitative estimate of drug-likeness (QED) is 0.898. The van der Waals surface area contributed by atoms with Gasteiger partial charge in [0.25, 0.3) is 0 Å². The molecular formula is C15H19N5O. The van der Waals surface area contributed by atoms with Crippen molar-refractivity contribution in [1.29, 1.82) is 0 Å². The minimum absolute atomic E-state index is 0.0663. The minimum Gasteiger partial charge on any atom is -0.324 e. The number of anilines is 1. The van der Waals surface area contributed by atoms with E-state index in [-0.39, 0.29) is 11.3 Å². The molecule has 6 nitrogen and oxygen atoms in total. The third-order valence-electron chi connectivity index (χ3n) is 4.08. The van der Waals surface area contributed by atoms with Gasteiger partial charge in [-0.15, -0.1) is 5.10 Å². The van der Waals surface area contributed by atoms with Crippen LogP contribution in [0.3, 0.4) is 0 Å². The first-order valence-corrected chi connectivity index (χ1v) is 7.17. The molecule has 0 aliphatic carbocycles. The lowest BCUT2D eigenvalue weighted by Crippen LogP contribution is -2.42. The van der Waals surface area contributed by atoms with E-state index >= 15 is 0 Å². The Kier molecular flexibility index (Phi) is 3.70. The van der Waals surface area contributed by atoms with Crippen molar-refractivity contribution in [3.63, 3.8) is 0 Å². The topological polar surface area (TPSA) is 71.8 Å². The van der Waals surface area contributed by atoms with Crippen molar-refractivity contribution in [3.05, 3.63) is 36.7 Å². The van der Waals surface area contributed by atoms with E-state index in [0.29, 0.717) is 0 Å². The molecule has 2 N–H and O–H groups in total. The van der Waals surface area contributed by atoms with Gasteiger partial charge in [-0.25, -0.2) is 4.68 Å². The molecule has 1 fully saturated rings. The molecule has 0 radical (unpaired) electrons. The molecule has 1 aromatic heterocycles. The van der Waals surface area contributed by atoms with Crippen molar-refractivity contribution in [2.24, 2.45) is 5.41 Å². The van der Waals surface area contributed by atoms with E-state index in [4.69, 9.17) is 0 Å². The maximum atomic E-state index is 12.6. The van der Waals surface area contributed by atoms with Crippen molar-refractivity contribution in [1.82, 2.24) is 20.3 Å². The SMILES string of the molecule is CC1(C(=O)Nc2ccccc2-n2ccnn2)CCNCC1. The summed E-state index contributed by atoms with van der Waals surface area (Å²) in [5, 5.41) is 14.1. The molecule has 1 saturated heterocycles. The number of rotatable bonds is 3. The summed E-state index contributed by atoms with van der Waals surface area (Å²) in [6.07, 6.45) is 5.08. The lowest BCUT2D eigenvalue weighted by molar-refractivity contribution is -0.126. The van der Waals surface area contributed by atoms with E-state index in [2.05, 4.69) is 20.9 Å². The number of amides is 1. The molecule has 2 heterocycles. The number of hydrogen-bond donors (Lipinski definition) is 2. The van der Waals surface area contributed by atoms with Crippen LogP contribution in [0, 0.1) is 5.41 Å². The zero-order valence-corrected chi connectivity index (χ0v) is 12.0. The summed E-state index contributed by atoms with van der Waals surface area (Å²) in [5.74, 6) is 0.0663. The van der Waals surface area contributed by atoms with Gasteiger partial charge in [0.15, 0.2) is 0 Å². The number of piperidine rings is 1. The molecule has 0 bridgehead atoms. The van der Waals surface area contributed by atoms with E-state index in [1.807, 2.05) is 31.2 Å². The second-order valence-electron chi connectivity index (χ2n) is 5.63. The van der Waals surface area contributed by atoms with Gasteiger partial charge in [-0.05, 0) is 38.1 Å². The normalized spacial score (nSPS) is 17.4. The molecule has 1 aliphatic heterocycles. The van der Waals surface area contributed by atoms with E-state index in [1.165, 1.54) is 0 Å². The Bertz CT molecular complexity index is 617. The van der Waals surface area contributed by atoms with Crippen LogP contribution in [-0.4, -0.2) is 34.0 Å². The van der Waals surface area contributed by atoms with Crippen LogP contribution in [0.15, 0.2) is 36.7 Å². The highest BCUT2D eigenvalue weighted by Gasteiger charge is 2.34. The first-order chi connectivity index (χ1) is 10.2. The van der Waals surface area contributed by atoms with Crippen molar-refractivity contribution in [3.8, 4) is 5.69 Å². The van der Waals surface area contributed by atoms with Gasteiger partial charge in [0, 0.05) is 5.41 Å². The zero-order valence-electron chi connectivity index (χ0n) is 12.0. The van der Waals surface area contributed by atoms with Gasteiger partial charge in [-0.1, -0.05) is 24.3 Å². The van der Waals surface area contributed by atoms with Crippen molar-refractivity contribution in [2.75, 3.05) is 18.4 Å². The Hall–Kier alpha value is -2.21. The Balaban J connectivity index is 1.83. The van der Waals surface area contributed by atoms with Crippen molar-refractivity contribution < 1.29 is 4.79 Å². The standard InChI is InChI=1S/C15H19N5O/c1-15(6-8-16-9-7-15)14(21)18-12-4-2-3-5-13(12)20-11-10-17-19-20/h2-5,10-11,16H,6-9H2,1H3,(H,18,21). The number of benzene rings is 1. The lowest BCUT2D eigenvalue weighted by Gasteiger charge is -2.32. The first-order valence-electron chi connectivity index (χ1n) is 7.17. The molecule has 2 aromatic rings. The van der Waals surface area contributed by atoms with E-state index < -0.39 is 0 Å². The monoisotopic (exact) mass is 285 g/mol. The van der Waals surface area contributed by atoms with Gasteiger partial charge >= 0.3 is 0 Å². The number of carbonyl (C=O) groups is 1. The molecule has 1 amide bonds. The summed E-state index contributed by atoms with van der Waals surface area (Å²) in [6, 6.07) is 7.62. The van der Waals surface area contributed by atoms with Crippen LogP contribution in [0.2, 0.25) is 0 Å². The highest BCUT2D eigenvalue weighted by atomic mass is 16.2. The molecule has 0 spiro atoms. The summed E-state index contributed by atoms with van der Waals surface area (Å²) in [6.45, 7) is 3.80. The fourth-order valence-electron chi connectivity index (χ4n) is 2.59. The summed E-state index contributed by atoms with van der Waals surface area (Å²) >= 11 is 0. The van der Waals surface area contributed by atoms with Crippen LogP contribution in [0.4, 0.5) is 5.69 Å². The first kappa shape index (κ1) is 13.8. The van der Waals surface area contributed by atoms with Crippen LogP contribution in [0.5, 0.6) is 0 Å². The average Bonchev–Trinajstić information content (AvgIpc) is 3.02. The van der Waals surface area contributed by atoms with Crippen LogP contribution in [0.25, 0.3) is 5.69 Å². The largest absolute Gasteiger partial charge is 0.324 e. The van der Waals surface area contributed by atoms with Crippen molar-refractivity contribution >= 4 is 11.6 Å². The summed E-state index contributed by atoms with van der Waals surface area (Å²) in [7, 11) is 0. The van der Waals surface area contributed by atoms with Gasteiger partial charge in [-0.3, -0.25) is 4.79 Å². The van der Waals surface area contributed by atoms with Gasteiger partial charge in [0.2, 0.25) is 5.91 Å². The molecule has 1 aromatic carbocycles. The van der Waals surface area contributed by atoms with Crippen molar-refractivity contribution in [2.45, 2.75) is 19.8 Å². The second-order valence-corrected chi connectivity index (χ2v) is 5.63. The third kappa shape index (κ3) is 2.80. The Morgan fingerprint density at radius 2 is 2.10 bits per heavy atom. The highest BCUT2D eigenvalue weighted by Crippen LogP contribution is 2.30.